The number of carboxylic acid groups (broad SMARTS) is 1. The number of carboxylic acids is 1. The number of nitrogens with one attached hydrogen (secondary N) is 1. The predicted molar refractivity (Wildman–Crippen MR) is 155 cm³/mol. The van der Waals surface area contributed by atoms with Crippen molar-refractivity contribution in [3.8, 4) is 0 Å². The number of hydrogen-bond donors (Lipinski definition) is 3. The zero-order valence-electron chi connectivity index (χ0n) is 26.6. The van der Waals surface area contributed by atoms with Crippen molar-refractivity contribution in [2.75, 3.05) is 0 Å². The van der Waals surface area contributed by atoms with E-state index in [1.165, 1.54) is 36.4 Å². The van der Waals surface area contributed by atoms with E-state index >= 15 is 0 Å². The number of ketones is 1. The molecule has 0 fully saturated rings. The van der Waals surface area contributed by atoms with E-state index in [0.717, 1.165) is 36.4 Å². The summed E-state index contributed by atoms with van der Waals surface area (Å²) in [6.07, 6.45) is -1.15. The second-order valence-electron chi connectivity index (χ2n) is 10.3. The second-order valence-corrected chi connectivity index (χ2v) is 14.4. The van der Waals surface area contributed by atoms with Crippen LogP contribution in [0, 0.1) is 5.92 Å². The van der Waals surface area contributed by atoms with Gasteiger partial charge >= 0.3 is 94.6 Å². The Balaban J connectivity index is 0.00000768. The molecule has 3 aromatic carbocycles. The molecular weight excluding hydrogens is 737 g/mol. The molecule has 1 amide bonds. The first-order valence-electron chi connectivity index (χ1n) is 13.2. The van der Waals surface area contributed by atoms with Gasteiger partial charge in [0, 0.05) is 18.8 Å². The van der Waals surface area contributed by atoms with Gasteiger partial charge in [-0.1, -0.05) is 36.4 Å². The number of aliphatic carboxylic acids is 1. The van der Waals surface area contributed by atoms with Gasteiger partial charge in [0.05, 0.1) is 20.7 Å². The number of nitrogens with two attached hydrogens (primary N) is 1. The molecule has 0 radical (unpaired) electrons. The summed E-state index contributed by atoms with van der Waals surface area (Å²) in [6, 6.07) is 10.8. The average molecular weight is 765 g/mol. The molecule has 3 aromatic rings. The van der Waals surface area contributed by atoms with Gasteiger partial charge in [-0.3, -0.25) is 9.59 Å². The van der Waals surface area contributed by atoms with Crippen LogP contribution in [0.25, 0.3) is 0 Å². The summed E-state index contributed by atoms with van der Waals surface area (Å²) in [6.45, 7) is 0. The Labute approximate surface area is 349 Å². The Morgan fingerprint density at radius 2 is 0.939 bits per heavy atom. The molecule has 3 rings (SSSR count). The van der Waals surface area contributed by atoms with Gasteiger partial charge in [-0.2, -0.15) is 0 Å². The largest absolute Gasteiger partial charge is 1.00 e. The van der Waals surface area contributed by atoms with Crippen molar-refractivity contribution in [2.24, 2.45) is 11.7 Å². The molecule has 21 heteroatoms. The monoisotopic (exact) mass is 764 g/mol. The van der Waals surface area contributed by atoms with Crippen molar-refractivity contribution in [3.05, 3.63) is 89.5 Å². The van der Waals surface area contributed by atoms with E-state index in [1.807, 2.05) is 0 Å². The van der Waals surface area contributed by atoms with Gasteiger partial charge in [-0.05, 0) is 65.9 Å². The maximum absolute atomic E-state index is 13.4. The van der Waals surface area contributed by atoms with Crippen LogP contribution in [0.4, 0.5) is 0 Å². The van der Waals surface area contributed by atoms with Gasteiger partial charge in [0.2, 0.25) is 5.91 Å². The van der Waals surface area contributed by atoms with Gasteiger partial charge in [-0.25, -0.2) is 30.0 Å². The minimum Gasteiger partial charge on any atom is -0.744 e. The minimum atomic E-state index is -4.77. The zero-order valence-corrected chi connectivity index (χ0v) is 35.1. The quantitative estimate of drug-likeness (QED) is 0.0958. The molecule has 3 atom stereocenters. The summed E-state index contributed by atoms with van der Waals surface area (Å²) in [4.78, 5) is 37.0. The summed E-state index contributed by atoms with van der Waals surface area (Å²) in [5, 5.41) is 12.1. The predicted octanol–water partition coefficient (Wildman–Crippen LogP) is -9.09. The van der Waals surface area contributed by atoms with Crippen LogP contribution >= 0.6 is 0 Å². The Morgan fingerprint density at radius 3 is 1.27 bits per heavy atom. The SMILES string of the molecule is NC(Cc1ccc(S(=O)(=O)[O-])cc1)C(=O)CC(Cc1ccc(S(=O)(=O)[O-])cc1)C(=O)NC(Cc1ccc(S(=O)(=O)[O-])cc1)C(=O)O.[Na+].[Na+].[Na+]. The van der Waals surface area contributed by atoms with E-state index in [-0.39, 0.29) is 113 Å². The van der Waals surface area contributed by atoms with Crippen LogP contribution in [0.5, 0.6) is 0 Å². The van der Waals surface area contributed by atoms with Crippen molar-refractivity contribution >= 4 is 48.0 Å². The topological polar surface area (TPSA) is 281 Å². The van der Waals surface area contributed by atoms with Crippen molar-refractivity contribution in [1.82, 2.24) is 5.32 Å². The summed E-state index contributed by atoms with van der Waals surface area (Å²) >= 11 is 0. The van der Waals surface area contributed by atoms with Crippen molar-refractivity contribution in [2.45, 2.75) is 52.5 Å². The molecule has 248 valence electrons. The fraction of sp³-hybridized carbons (Fsp3) is 0.250. The Kier molecular flexibility index (Phi) is 19.8. The second kappa shape index (κ2) is 20.3. The van der Waals surface area contributed by atoms with E-state index in [0.29, 0.717) is 11.1 Å². The van der Waals surface area contributed by atoms with Crippen LogP contribution in [0.3, 0.4) is 0 Å². The molecule has 4 N–H and O–H groups in total. The van der Waals surface area contributed by atoms with Crippen LogP contribution in [0.1, 0.15) is 23.1 Å². The van der Waals surface area contributed by atoms with E-state index in [9.17, 15) is 58.4 Å². The fourth-order valence-electron chi connectivity index (χ4n) is 4.41. The first kappa shape index (κ1) is 48.0. The number of hydrogen-bond acceptors (Lipinski definition) is 13. The van der Waals surface area contributed by atoms with E-state index in [2.05, 4.69) is 5.32 Å². The Bertz CT molecular complexity index is 1930. The molecule has 0 aliphatic rings. The van der Waals surface area contributed by atoms with Gasteiger partial charge in [0.25, 0.3) is 0 Å². The molecule has 49 heavy (non-hydrogen) atoms. The van der Waals surface area contributed by atoms with E-state index < -0.39 is 87.1 Å². The summed E-state index contributed by atoms with van der Waals surface area (Å²) in [5.74, 6) is -4.24. The van der Waals surface area contributed by atoms with Crippen LogP contribution in [-0.2, 0) is 64.0 Å². The van der Waals surface area contributed by atoms with Crippen LogP contribution in [0.2, 0.25) is 0 Å². The molecular formula is C28H27N2Na3O13S3. The first-order valence-corrected chi connectivity index (χ1v) is 17.4. The van der Waals surface area contributed by atoms with Gasteiger partial charge in [0.1, 0.15) is 36.4 Å². The van der Waals surface area contributed by atoms with Crippen molar-refractivity contribution in [3.63, 3.8) is 0 Å². The molecule has 15 nitrogen and oxygen atoms in total. The van der Waals surface area contributed by atoms with E-state index in [4.69, 9.17) is 5.73 Å². The standard InChI is InChI=1S/C28H30N2O13S3.3Na/c29-24(14-18-3-9-22(10-4-18)45(38,39)40)26(31)16-20(13-17-1-7-21(8-2-17)44(35,36)37)27(32)30-25(28(33)34)15-19-5-11-23(12-6-19)46(41,42)43;;;/h1-12,20,24-25H,13-16,29H2,(H,30,32)(H,33,34)(H,35,36,37)(H,38,39,40)(H,41,42,43);;;/q;3*+1/p-3. The third kappa shape index (κ3) is 15.2. The van der Waals surface area contributed by atoms with Crippen molar-refractivity contribution in [1.29, 1.82) is 0 Å². The summed E-state index contributed by atoms with van der Waals surface area (Å²) in [7, 11) is -14.2. The van der Waals surface area contributed by atoms with Crippen LogP contribution in [0.15, 0.2) is 87.5 Å². The normalized spacial score (nSPS) is 13.3. The molecule has 0 spiro atoms. The molecule has 0 saturated carbocycles. The van der Waals surface area contributed by atoms with Crippen LogP contribution in [-0.4, -0.2) is 73.8 Å². The van der Waals surface area contributed by atoms with Gasteiger partial charge in [-0.15, -0.1) is 0 Å². The number of amides is 1. The molecule has 3 unspecified atom stereocenters. The Hall–Kier alpha value is -1.04. The van der Waals surface area contributed by atoms with E-state index in [1.54, 1.807) is 0 Å². The molecule has 0 heterocycles. The zero-order chi connectivity index (χ0) is 34.4. The molecule has 0 aliphatic heterocycles. The van der Waals surface area contributed by atoms with Gasteiger partial charge < -0.3 is 29.8 Å². The average Bonchev–Trinajstić information content (AvgIpc) is 2.95. The number of rotatable bonds is 15. The third-order valence-corrected chi connectivity index (χ3v) is 9.41. The number of Topliss-reactive ketones (excluding diaryl/α,β-unsaturated/α-hetero) is 1. The van der Waals surface area contributed by atoms with Crippen molar-refractivity contribution < 1.29 is 147 Å². The maximum Gasteiger partial charge on any atom is 1.00 e. The summed E-state index contributed by atoms with van der Waals surface area (Å²) in [5.41, 5.74) is 7.05. The Morgan fingerprint density at radius 1 is 0.612 bits per heavy atom. The van der Waals surface area contributed by atoms with Crippen LogP contribution < -0.4 is 99.7 Å². The molecule has 0 aromatic heterocycles. The first-order chi connectivity index (χ1) is 21.2. The molecule has 0 saturated heterocycles. The van der Waals surface area contributed by atoms with Gasteiger partial charge in [0.15, 0.2) is 5.78 Å². The number of carbonyl (C=O) groups excluding carboxylic acids is 2. The number of benzene rings is 3. The molecule has 0 aliphatic carbocycles. The minimum absolute atomic E-state index is 0. The smallest absolute Gasteiger partial charge is 0.744 e. The summed E-state index contributed by atoms with van der Waals surface area (Å²) < 4.78 is 101. The third-order valence-electron chi connectivity index (χ3n) is 6.86. The number of carbonyl (C=O) groups is 3. The fourth-order valence-corrected chi connectivity index (χ4v) is 5.81. The maximum atomic E-state index is 13.4. The molecule has 0 bridgehead atoms.